The number of nitrogens with one attached hydrogen (secondary N) is 1. The van der Waals surface area contributed by atoms with Crippen molar-refractivity contribution in [1.82, 2.24) is 5.32 Å². The van der Waals surface area contributed by atoms with Crippen molar-refractivity contribution in [2.75, 3.05) is 0 Å². The van der Waals surface area contributed by atoms with Crippen LogP contribution in [0.3, 0.4) is 0 Å². The molecule has 4 fully saturated rings. The van der Waals surface area contributed by atoms with Gasteiger partial charge in [-0.1, -0.05) is 42.5 Å². The highest BCUT2D eigenvalue weighted by Gasteiger charge is 2.51. The molecule has 124 valence electrons. The van der Waals surface area contributed by atoms with Gasteiger partial charge in [0, 0.05) is 5.54 Å². The van der Waals surface area contributed by atoms with Gasteiger partial charge in [0.2, 0.25) is 5.91 Å². The lowest BCUT2D eigenvalue weighted by Gasteiger charge is -2.56. The van der Waals surface area contributed by atoms with Gasteiger partial charge in [0.15, 0.2) is 0 Å². The van der Waals surface area contributed by atoms with Crippen molar-refractivity contribution < 1.29 is 4.79 Å². The highest BCUT2D eigenvalue weighted by molar-refractivity contribution is 5.85. The molecule has 0 aromatic heterocycles. The van der Waals surface area contributed by atoms with Crippen molar-refractivity contribution in [3.63, 3.8) is 0 Å². The highest BCUT2D eigenvalue weighted by atomic mass is 16.1. The van der Waals surface area contributed by atoms with Crippen LogP contribution in [0.5, 0.6) is 0 Å². The van der Waals surface area contributed by atoms with Gasteiger partial charge in [0.05, 0.1) is 6.42 Å². The van der Waals surface area contributed by atoms with E-state index in [4.69, 9.17) is 0 Å². The molecule has 0 atom stereocenters. The minimum Gasteiger partial charge on any atom is -0.350 e. The van der Waals surface area contributed by atoms with Crippen LogP contribution in [0.2, 0.25) is 0 Å². The standard InChI is InChI=1S/C22H25NO/c24-21(11-15-5-6-19-3-1-2-4-20(19)10-15)23-22-12-16-7-17(13-22)9-18(8-16)14-22/h1-6,10,16-18H,7-9,11-14H2,(H,23,24). The van der Waals surface area contributed by atoms with Crippen LogP contribution < -0.4 is 5.32 Å². The van der Waals surface area contributed by atoms with E-state index < -0.39 is 0 Å². The fraction of sp³-hybridized carbons (Fsp3) is 0.500. The number of carbonyl (C=O) groups is 1. The van der Waals surface area contributed by atoms with E-state index in [-0.39, 0.29) is 11.4 Å². The Morgan fingerprint density at radius 3 is 2.21 bits per heavy atom. The van der Waals surface area contributed by atoms with Crippen LogP contribution in [0.1, 0.15) is 44.1 Å². The minimum absolute atomic E-state index is 0.128. The summed E-state index contributed by atoms with van der Waals surface area (Å²) in [5, 5.41) is 5.94. The summed E-state index contributed by atoms with van der Waals surface area (Å²) in [5.41, 5.74) is 1.25. The summed E-state index contributed by atoms with van der Waals surface area (Å²) in [6.07, 6.45) is 8.43. The number of amides is 1. The first-order valence-electron chi connectivity index (χ1n) is 9.46. The summed E-state index contributed by atoms with van der Waals surface area (Å²) in [5.74, 6) is 2.83. The fourth-order valence-corrected chi connectivity index (χ4v) is 6.14. The maximum absolute atomic E-state index is 12.7. The Morgan fingerprint density at radius 1 is 0.917 bits per heavy atom. The van der Waals surface area contributed by atoms with Crippen molar-refractivity contribution in [1.29, 1.82) is 0 Å². The third-order valence-corrected chi connectivity index (χ3v) is 6.62. The Hall–Kier alpha value is -1.83. The SMILES string of the molecule is O=C(Cc1ccc2ccccc2c1)NC12CC3CC(CC(C3)C1)C2. The van der Waals surface area contributed by atoms with Crippen LogP contribution in [-0.2, 0) is 11.2 Å². The average Bonchev–Trinajstić information content (AvgIpc) is 2.52. The van der Waals surface area contributed by atoms with Gasteiger partial charge in [-0.15, -0.1) is 0 Å². The zero-order valence-electron chi connectivity index (χ0n) is 14.1. The zero-order valence-corrected chi connectivity index (χ0v) is 14.1. The van der Waals surface area contributed by atoms with Gasteiger partial charge >= 0.3 is 0 Å². The first-order chi connectivity index (χ1) is 11.7. The quantitative estimate of drug-likeness (QED) is 0.888. The third kappa shape index (κ3) is 2.53. The number of hydrogen-bond donors (Lipinski definition) is 1. The maximum atomic E-state index is 12.7. The number of fused-ring (bicyclic) bond motifs is 1. The molecule has 0 unspecified atom stereocenters. The topological polar surface area (TPSA) is 29.1 Å². The molecule has 24 heavy (non-hydrogen) atoms. The Bertz CT molecular complexity index is 758. The van der Waals surface area contributed by atoms with Gasteiger partial charge in [-0.25, -0.2) is 0 Å². The molecule has 0 aliphatic heterocycles. The van der Waals surface area contributed by atoms with Crippen LogP contribution in [0.25, 0.3) is 10.8 Å². The van der Waals surface area contributed by atoms with Crippen molar-refractivity contribution in [2.45, 2.75) is 50.5 Å². The van der Waals surface area contributed by atoms with Crippen molar-refractivity contribution in [2.24, 2.45) is 17.8 Å². The van der Waals surface area contributed by atoms with E-state index in [1.54, 1.807) is 0 Å². The van der Waals surface area contributed by atoms with E-state index in [9.17, 15) is 4.79 Å². The predicted octanol–water partition coefficient (Wildman–Crippen LogP) is 4.47. The lowest BCUT2D eigenvalue weighted by atomic mass is 9.53. The first-order valence-corrected chi connectivity index (χ1v) is 9.46. The van der Waals surface area contributed by atoms with E-state index in [1.165, 1.54) is 49.3 Å². The molecule has 6 rings (SSSR count). The molecule has 4 aliphatic carbocycles. The Balaban J connectivity index is 1.32. The molecule has 2 heteroatoms. The van der Waals surface area contributed by atoms with Gasteiger partial charge in [-0.3, -0.25) is 4.79 Å². The average molecular weight is 319 g/mol. The molecule has 2 nitrogen and oxygen atoms in total. The summed E-state index contributed by atoms with van der Waals surface area (Å²) < 4.78 is 0. The van der Waals surface area contributed by atoms with Crippen LogP contribution in [-0.4, -0.2) is 11.4 Å². The molecule has 1 N–H and O–H groups in total. The van der Waals surface area contributed by atoms with Crippen molar-refractivity contribution in [3.05, 3.63) is 48.0 Å². The second kappa shape index (κ2) is 5.34. The smallest absolute Gasteiger partial charge is 0.224 e. The van der Waals surface area contributed by atoms with Gasteiger partial charge in [0.1, 0.15) is 0 Å². The first kappa shape index (κ1) is 14.5. The number of carbonyl (C=O) groups excluding carboxylic acids is 1. The molecule has 2 aromatic carbocycles. The highest BCUT2D eigenvalue weighted by Crippen LogP contribution is 2.55. The van der Waals surface area contributed by atoms with Crippen LogP contribution in [0, 0.1) is 17.8 Å². The molecule has 4 aliphatic rings. The summed E-state index contributed by atoms with van der Waals surface area (Å²) in [7, 11) is 0. The molecule has 0 heterocycles. The van der Waals surface area contributed by atoms with Gasteiger partial charge in [0.25, 0.3) is 0 Å². The molecule has 2 aromatic rings. The van der Waals surface area contributed by atoms with E-state index in [0.717, 1.165) is 23.3 Å². The maximum Gasteiger partial charge on any atom is 0.224 e. The minimum atomic E-state index is 0.128. The molecule has 1 amide bonds. The molecule has 0 radical (unpaired) electrons. The second-order valence-corrected chi connectivity index (χ2v) is 8.60. The van der Waals surface area contributed by atoms with E-state index in [2.05, 4.69) is 47.8 Å². The normalized spacial score (nSPS) is 33.8. The second-order valence-electron chi connectivity index (χ2n) is 8.60. The molecule has 0 spiro atoms. The van der Waals surface area contributed by atoms with E-state index >= 15 is 0 Å². The van der Waals surface area contributed by atoms with Crippen molar-refractivity contribution >= 4 is 16.7 Å². The van der Waals surface area contributed by atoms with Crippen LogP contribution in [0.4, 0.5) is 0 Å². The summed E-state index contributed by atoms with van der Waals surface area (Å²) in [6, 6.07) is 14.7. The Morgan fingerprint density at radius 2 is 1.54 bits per heavy atom. The van der Waals surface area contributed by atoms with Gasteiger partial charge in [-0.05, 0) is 72.6 Å². The summed E-state index contributed by atoms with van der Waals surface area (Å²) in [6.45, 7) is 0. The molecular weight excluding hydrogens is 294 g/mol. The van der Waals surface area contributed by atoms with Crippen molar-refractivity contribution in [3.8, 4) is 0 Å². The number of benzene rings is 2. The fourth-order valence-electron chi connectivity index (χ4n) is 6.14. The summed E-state index contributed by atoms with van der Waals surface area (Å²) in [4.78, 5) is 12.7. The zero-order chi connectivity index (χ0) is 16.1. The molecule has 4 saturated carbocycles. The predicted molar refractivity (Wildman–Crippen MR) is 96.7 cm³/mol. The van der Waals surface area contributed by atoms with Crippen LogP contribution >= 0.6 is 0 Å². The van der Waals surface area contributed by atoms with Gasteiger partial charge < -0.3 is 5.32 Å². The lowest BCUT2D eigenvalue weighted by Crippen LogP contribution is -2.60. The summed E-state index contributed by atoms with van der Waals surface area (Å²) >= 11 is 0. The third-order valence-electron chi connectivity index (χ3n) is 6.62. The molecular formula is C22H25NO. The molecule has 4 bridgehead atoms. The lowest BCUT2D eigenvalue weighted by molar-refractivity contribution is -0.126. The van der Waals surface area contributed by atoms with E-state index in [1.807, 2.05) is 0 Å². The Labute approximate surface area is 143 Å². The monoisotopic (exact) mass is 319 g/mol. The van der Waals surface area contributed by atoms with Gasteiger partial charge in [-0.2, -0.15) is 0 Å². The number of rotatable bonds is 3. The Kier molecular flexibility index (Phi) is 3.23. The van der Waals surface area contributed by atoms with Crippen LogP contribution in [0.15, 0.2) is 42.5 Å². The number of hydrogen-bond acceptors (Lipinski definition) is 1. The largest absolute Gasteiger partial charge is 0.350 e. The van der Waals surface area contributed by atoms with E-state index in [0.29, 0.717) is 6.42 Å². The molecule has 0 saturated heterocycles.